The van der Waals surface area contributed by atoms with Gasteiger partial charge in [-0.3, -0.25) is 9.36 Å². The molecule has 1 aliphatic heterocycles. The molecule has 7 heteroatoms. The highest BCUT2D eigenvalue weighted by Gasteiger charge is 2.55. The molecule has 2 atom stereocenters. The normalized spacial score (nSPS) is 24.9. The second kappa shape index (κ2) is 6.00. The third-order valence-electron chi connectivity index (χ3n) is 5.87. The van der Waals surface area contributed by atoms with Crippen molar-refractivity contribution in [3.8, 4) is 5.82 Å². The number of nitrogens with one attached hydrogen (secondary N) is 1. The van der Waals surface area contributed by atoms with Gasteiger partial charge in [0.15, 0.2) is 5.82 Å². The molecule has 2 fully saturated rings. The third-order valence-corrected chi connectivity index (χ3v) is 5.87. The van der Waals surface area contributed by atoms with Crippen LogP contribution < -0.4 is 5.32 Å². The van der Waals surface area contributed by atoms with Crippen molar-refractivity contribution in [3.63, 3.8) is 0 Å². The van der Waals surface area contributed by atoms with Crippen LogP contribution in [0.25, 0.3) is 5.82 Å². The summed E-state index contributed by atoms with van der Waals surface area (Å²) in [6.45, 7) is 5.12. The molecule has 2 aliphatic rings. The highest BCUT2D eigenvalue weighted by atomic mass is 16.5. The molecule has 134 valence electrons. The quantitative estimate of drug-likeness (QED) is 0.884. The van der Waals surface area contributed by atoms with Crippen LogP contribution in [0.3, 0.4) is 0 Å². The lowest BCUT2D eigenvalue weighted by atomic mass is 9.58. The Kier molecular flexibility index (Phi) is 3.92. The smallest absolute Gasteiger partial charge is 0.253 e. The number of amides is 1. The van der Waals surface area contributed by atoms with Gasteiger partial charge >= 0.3 is 0 Å². The average Bonchev–Trinajstić information content (AvgIpc) is 3.23. The van der Waals surface area contributed by atoms with E-state index in [4.69, 9.17) is 9.26 Å². The molecule has 0 aromatic carbocycles. The molecular formula is C18H23N3O4. The van der Waals surface area contributed by atoms with Gasteiger partial charge in [0.1, 0.15) is 6.26 Å². The number of carbonyl (C=O) groups is 1. The number of ether oxygens (including phenoxy) is 1. The summed E-state index contributed by atoms with van der Waals surface area (Å²) in [6.07, 6.45) is 3.34. The molecule has 25 heavy (non-hydrogen) atoms. The molecule has 4 rings (SSSR count). The van der Waals surface area contributed by atoms with E-state index >= 15 is 0 Å². The molecule has 7 nitrogen and oxygen atoms in total. The first-order valence-electron chi connectivity index (χ1n) is 8.69. The van der Waals surface area contributed by atoms with Gasteiger partial charge in [0.05, 0.1) is 11.7 Å². The largest absolute Gasteiger partial charge is 0.392 e. The predicted octanol–water partition coefficient (Wildman–Crippen LogP) is 1.74. The van der Waals surface area contributed by atoms with Crippen LogP contribution in [-0.4, -0.2) is 46.1 Å². The highest BCUT2D eigenvalue weighted by Crippen LogP contribution is 2.49. The minimum Gasteiger partial charge on any atom is -0.392 e. The van der Waals surface area contributed by atoms with Gasteiger partial charge in [-0.15, -0.1) is 0 Å². The monoisotopic (exact) mass is 345 g/mol. The molecule has 1 aliphatic carbocycles. The maximum atomic E-state index is 12.9. The van der Waals surface area contributed by atoms with E-state index in [-0.39, 0.29) is 23.5 Å². The lowest BCUT2D eigenvalue weighted by Crippen LogP contribution is -2.65. The minimum absolute atomic E-state index is 0.00555. The van der Waals surface area contributed by atoms with E-state index in [1.165, 1.54) is 6.26 Å². The molecule has 0 bridgehead atoms. The Morgan fingerprint density at radius 1 is 1.40 bits per heavy atom. The molecule has 1 saturated carbocycles. The van der Waals surface area contributed by atoms with Crippen LogP contribution in [0.5, 0.6) is 0 Å². The number of hydrogen-bond donors (Lipinski definition) is 2. The van der Waals surface area contributed by atoms with Gasteiger partial charge < -0.3 is 19.7 Å². The first-order valence-corrected chi connectivity index (χ1v) is 8.69. The Morgan fingerprint density at radius 2 is 2.16 bits per heavy atom. The highest BCUT2D eigenvalue weighted by molar-refractivity contribution is 5.96. The van der Waals surface area contributed by atoms with Crippen LogP contribution in [-0.2, 0) is 4.74 Å². The van der Waals surface area contributed by atoms with Crippen molar-refractivity contribution in [2.45, 2.75) is 45.3 Å². The minimum atomic E-state index is -0.357. The molecule has 1 spiro atoms. The van der Waals surface area contributed by atoms with Crippen molar-refractivity contribution >= 4 is 5.91 Å². The first-order chi connectivity index (χ1) is 12.0. The summed E-state index contributed by atoms with van der Waals surface area (Å²) in [5.41, 5.74) is 2.14. The van der Waals surface area contributed by atoms with E-state index in [1.54, 1.807) is 6.07 Å². The fraction of sp³-hybridized carbons (Fsp3) is 0.556. The van der Waals surface area contributed by atoms with E-state index in [0.29, 0.717) is 31.0 Å². The molecule has 2 N–H and O–H groups in total. The van der Waals surface area contributed by atoms with Gasteiger partial charge in [0, 0.05) is 42.1 Å². The second-order valence-electron chi connectivity index (χ2n) is 7.10. The summed E-state index contributed by atoms with van der Waals surface area (Å²) in [4.78, 5) is 12.9. The van der Waals surface area contributed by atoms with Gasteiger partial charge in [-0.25, -0.2) is 0 Å². The topological polar surface area (TPSA) is 89.5 Å². The van der Waals surface area contributed by atoms with E-state index in [0.717, 1.165) is 24.2 Å². The SMILES string of the molecule is Cc1cc(C(=O)N[C@@H]2C[C@@H](O)C23CCOCC3)c(C)n1-c1ccon1. The fourth-order valence-electron chi connectivity index (χ4n) is 4.30. The zero-order valence-electron chi connectivity index (χ0n) is 14.5. The average molecular weight is 345 g/mol. The second-order valence-corrected chi connectivity index (χ2v) is 7.10. The molecule has 0 unspecified atom stereocenters. The zero-order chi connectivity index (χ0) is 17.6. The van der Waals surface area contributed by atoms with Crippen molar-refractivity contribution < 1.29 is 19.2 Å². The Bertz CT molecular complexity index is 775. The molecule has 1 amide bonds. The van der Waals surface area contributed by atoms with Crippen LogP contribution in [0, 0.1) is 19.3 Å². The molecule has 1 saturated heterocycles. The van der Waals surface area contributed by atoms with Crippen LogP contribution in [0.4, 0.5) is 0 Å². The number of aliphatic hydroxyl groups excluding tert-OH is 1. The van der Waals surface area contributed by atoms with E-state index in [1.807, 2.05) is 24.5 Å². The Balaban J connectivity index is 1.55. The number of aliphatic hydroxyl groups is 1. The Labute approximate surface area is 145 Å². The number of aromatic nitrogens is 2. The maximum Gasteiger partial charge on any atom is 0.253 e. The summed E-state index contributed by atoms with van der Waals surface area (Å²) in [7, 11) is 0. The third kappa shape index (κ3) is 2.49. The standard InChI is InChI=1S/C18H23N3O4/c1-11-9-13(12(2)21(11)16-3-6-25-20-16)17(23)19-14-10-15(22)18(14)4-7-24-8-5-18/h3,6,9,14-15,22H,4-5,7-8,10H2,1-2H3,(H,19,23)/t14-,15-/m1/s1. The number of aryl methyl sites for hydroxylation is 1. The van der Waals surface area contributed by atoms with Crippen LogP contribution in [0.2, 0.25) is 0 Å². The van der Waals surface area contributed by atoms with Crippen molar-refractivity contribution in [2.24, 2.45) is 5.41 Å². The lowest BCUT2D eigenvalue weighted by Gasteiger charge is -2.55. The molecular weight excluding hydrogens is 322 g/mol. The Morgan fingerprint density at radius 3 is 2.80 bits per heavy atom. The summed E-state index contributed by atoms with van der Waals surface area (Å²) in [5.74, 6) is 0.555. The first kappa shape index (κ1) is 16.4. The molecule has 2 aromatic rings. The zero-order valence-corrected chi connectivity index (χ0v) is 14.5. The van der Waals surface area contributed by atoms with Crippen LogP contribution in [0.15, 0.2) is 22.9 Å². The van der Waals surface area contributed by atoms with Crippen molar-refractivity contribution in [3.05, 3.63) is 35.3 Å². The molecule has 3 heterocycles. The van der Waals surface area contributed by atoms with Gasteiger partial charge in [-0.1, -0.05) is 5.16 Å². The molecule has 2 aromatic heterocycles. The van der Waals surface area contributed by atoms with Crippen molar-refractivity contribution in [2.75, 3.05) is 13.2 Å². The van der Waals surface area contributed by atoms with Crippen LogP contribution in [0.1, 0.15) is 41.0 Å². The summed E-state index contributed by atoms with van der Waals surface area (Å²) >= 11 is 0. The van der Waals surface area contributed by atoms with Gasteiger partial charge in [-0.05, 0) is 39.2 Å². The summed E-state index contributed by atoms with van der Waals surface area (Å²) in [5, 5.41) is 17.4. The number of hydrogen-bond acceptors (Lipinski definition) is 5. The lowest BCUT2D eigenvalue weighted by molar-refractivity contribution is -0.145. The van der Waals surface area contributed by atoms with Crippen molar-refractivity contribution in [1.29, 1.82) is 0 Å². The van der Waals surface area contributed by atoms with Crippen molar-refractivity contribution in [1.82, 2.24) is 15.0 Å². The maximum absolute atomic E-state index is 12.9. The van der Waals surface area contributed by atoms with Crippen LogP contribution >= 0.6 is 0 Å². The van der Waals surface area contributed by atoms with Gasteiger partial charge in [0.25, 0.3) is 5.91 Å². The van der Waals surface area contributed by atoms with Gasteiger partial charge in [0.2, 0.25) is 0 Å². The number of nitrogens with zero attached hydrogens (tertiary/aromatic N) is 2. The van der Waals surface area contributed by atoms with Gasteiger partial charge in [-0.2, -0.15) is 0 Å². The van der Waals surface area contributed by atoms with E-state index in [9.17, 15) is 9.90 Å². The summed E-state index contributed by atoms with van der Waals surface area (Å²) in [6, 6.07) is 3.63. The summed E-state index contributed by atoms with van der Waals surface area (Å²) < 4.78 is 12.2. The van der Waals surface area contributed by atoms with E-state index in [2.05, 4.69) is 10.5 Å². The number of rotatable bonds is 3. The fourth-order valence-corrected chi connectivity index (χ4v) is 4.30. The molecule has 0 radical (unpaired) electrons. The number of carbonyl (C=O) groups excluding carboxylic acids is 1. The Hall–Kier alpha value is -2.12. The van der Waals surface area contributed by atoms with E-state index < -0.39 is 0 Å². The predicted molar refractivity (Wildman–Crippen MR) is 89.7 cm³/mol.